The summed E-state index contributed by atoms with van der Waals surface area (Å²) >= 11 is 1.59. The largest absolute Gasteiger partial charge is 0.494 e. The normalized spacial score (nSPS) is 16.7. The van der Waals surface area contributed by atoms with Gasteiger partial charge >= 0.3 is 0 Å². The minimum absolute atomic E-state index is 0.00825. The Bertz CT molecular complexity index is 972. The number of benzene rings is 1. The zero-order valence-electron chi connectivity index (χ0n) is 18.5. The average Bonchev–Trinajstić information content (AvgIpc) is 3.50. The van der Waals surface area contributed by atoms with E-state index < -0.39 is 0 Å². The maximum Gasteiger partial charge on any atom is 0.241 e. The lowest BCUT2D eigenvalue weighted by Crippen LogP contribution is -2.43. The van der Waals surface area contributed by atoms with E-state index in [1.165, 1.54) is 5.56 Å². The molecule has 3 heterocycles. The van der Waals surface area contributed by atoms with Gasteiger partial charge in [0, 0.05) is 13.1 Å². The Kier molecular flexibility index (Phi) is 7.90. The molecule has 8 heteroatoms. The van der Waals surface area contributed by atoms with Crippen molar-refractivity contribution in [3.63, 3.8) is 0 Å². The molecule has 0 spiro atoms. The number of ether oxygens (including phenoxy) is 1. The minimum atomic E-state index is 0.00825. The lowest BCUT2D eigenvalue weighted by atomic mass is 9.97. The third-order valence-electron chi connectivity index (χ3n) is 5.62. The molecule has 3 aromatic rings. The molecule has 7 nitrogen and oxygen atoms in total. The van der Waals surface area contributed by atoms with Gasteiger partial charge in [0.2, 0.25) is 17.6 Å². The first-order valence-corrected chi connectivity index (χ1v) is 12.2. The van der Waals surface area contributed by atoms with Crippen LogP contribution in [-0.4, -0.2) is 47.2 Å². The second kappa shape index (κ2) is 11.2. The Labute approximate surface area is 192 Å². The van der Waals surface area contributed by atoms with Gasteiger partial charge in [-0.1, -0.05) is 23.4 Å². The van der Waals surface area contributed by atoms with Crippen LogP contribution in [0, 0.1) is 5.92 Å². The first kappa shape index (κ1) is 22.5. The van der Waals surface area contributed by atoms with Crippen LogP contribution in [0.15, 0.2) is 46.3 Å². The third kappa shape index (κ3) is 6.17. The van der Waals surface area contributed by atoms with E-state index >= 15 is 0 Å². The fraction of sp³-hybridized carbons (Fsp3) is 0.458. The Morgan fingerprint density at radius 3 is 2.97 bits per heavy atom. The number of aromatic nitrogens is 2. The van der Waals surface area contributed by atoms with Crippen molar-refractivity contribution in [1.29, 1.82) is 0 Å². The lowest BCUT2D eigenvalue weighted by Gasteiger charge is -2.30. The van der Waals surface area contributed by atoms with Gasteiger partial charge in [0.05, 0.1) is 23.9 Å². The minimum Gasteiger partial charge on any atom is -0.494 e. The molecule has 4 rings (SSSR count). The van der Waals surface area contributed by atoms with E-state index in [0.29, 0.717) is 31.4 Å². The Morgan fingerprint density at radius 2 is 2.19 bits per heavy atom. The van der Waals surface area contributed by atoms with Crippen molar-refractivity contribution >= 4 is 17.2 Å². The topological polar surface area (TPSA) is 80.5 Å². The molecule has 1 N–H and O–H groups in total. The predicted octanol–water partition coefficient (Wildman–Crippen LogP) is 4.16. The van der Waals surface area contributed by atoms with E-state index in [-0.39, 0.29) is 11.8 Å². The summed E-state index contributed by atoms with van der Waals surface area (Å²) in [6.07, 6.45) is 3.78. The first-order chi connectivity index (χ1) is 15.7. The van der Waals surface area contributed by atoms with Crippen LogP contribution in [0.1, 0.15) is 37.6 Å². The van der Waals surface area contributed by atoms with Gasteiger partial charge in [-0.3, -0.25) is 9.69 Å². The van der Waals surface area contributed by atoms with E-state index in [1.807, 2.05) is 36.6 Å². The lowest BCUT2D eigenvalue weighted by molar-refractivity contribution is -0.126. The molecule has 170 valence electrons. The number of thiophene rings is 1. The van der Waals surface area contributed by atoms with Gasteiger partial charge in [-0.2, -0.15) is 4.98 Å². The zero-order chi connectivity index (χ0) is 22.2. The number of nitrogens with zero attached hydrogens (tertiary/aromatic N) is 3. The molecule has 1 atom stereocenters. The Morgan fingerprint density at radius 1 is 1.31 bits per heavy atom. The van der Waals surface area contributed by atoms with Gasteiger partial charge in [0.15, 0.2) is 0 Å². The standard InChI is InChI=1S/C24H30N4O3S/c1-2-30-20-11-9-18(10-12-20)6-3-13-25-24(29)19-7-4-14-28(16-19)17-22-26-23(27-31-22)21-8-5-15-32-21/h5,8-12,15,19H,2-4,6-7,13-14,16-17H2,1H3,(H,25,29). The number of hydrogen-bond acceptors (Lipinski definition) is 7. The maximum absolute atomic E-state index is 12.7. The average molecular weight is 455 g/mol. The smallest absolute Gasteiger partial charge is 0.241 e. The highest BCUT2D eigenvalue weighted by atomic mass is 32.1. The molecular formula is C24H30N4O3S. The van der Waals surface area contributed by atoms with Crippen molar-refractivity contribution in [2.45, 2.75) is 39.2 Å². The summed E-state index contributed by atoms with van der Waals surface area (Å²) in [7, 11) is 0. The van der Waals surface area contributed by atoms with Crippen molar-refractivity contribution in [1.82, 2.24) is 20.4 Å². The number of likely N-dealkylation sites (tertiary alicyclic amines) is 1. The molecule has 2 aromatic heterocycles. The quantitative estimate of drug-likeness (QED) is 0.464. The number of aryl methyl sites for hydroxylation is 1. The molecule has 0 saturated carbocycles. The van der Waals surface area contributed by atoms with Crippen molar-refractivity contribution in [2.75, 3.05) is 26.2 Å². The van der Waals surface area contributed by atoms with E-state index in [1.54, 1.807) is 11.3 Å². The van der Waals surface area contributed by atoms with Gasteiger partial charge in [-0.25, -0.2) is 0 Å². The number of hydrogen-bond donors (Lipinski definition) is 1. The number of carbonyl (C=O) groups is 1. The molecule has 0 aliphatic carbocycles. The highest BCUT2D eigenvalue weighted by molar-refractivity contribution is 7.13. The van der Waals surface area contributed by atoms with Crippen molar-refractivity contribution in [3.05, 3.63) is 53.2 Å². The number of carbonyl (C=O) groups excluding carboxylic acids is 1. The van der Waals surface area contributed by atoms with Crippen molar-refractivity contribution in [2.24, 2.45) is 5.92 Å². The molecule has 1 saturated heterocycles. The van der Waals surface area contributed by atoms with Gasteiger partial charge < -0.3 is 14.6 Å². The highest BCUT2D eigenvalue weighted by Gasteiger charge is 2.26. The van der Waals surface area contributed by atoms with Crippen molar-refractivity contribution in [3.8, 4) is 16.5 Å². The van der Waals surface area contributed by atoms with Crippen molar-refractivity contribution < 1.29 is 14.1 Å². The van der Waals surface area contributed by atoms with Crippen LogP contribution in [0.4, 0.5) is 0 Å². The van der Waals surface area contributed by atoms with Crippen LogP contribution >= 0.6 is 11.3 Å². The van der Waals surface area contributed by atoms with E-state index in [9.17, 15) is 4.79 Å². The van der Waals surface area contributed by atoms with Crippen LogP contribution in [-0.2, 0) is 17.8 Å². The molecule has 1 unspecified atom stereocenters. The third-order valence-corrected chi connectivity index (χ3v) is 6.49. The molecule has 1 aliphatic rings. The second-order valence-electron chi connectivity index (χ2n) is 8.03. The Hall–Kier alpha value is -2.71. The summed E-state index contributed by atoms with van der Waals surface area (Å²) in [5.41, 5.74) is 1.26. The van der Waals surface area contributed by atoms with Crippen LogP contribution in [0.2, 0.25) is 0 Å². The first-order valence-electron chi connectivity index (χ1n) is 11.3. The highest BCUT2D eigenvalue weighted by Crippen LogP contribution is 2.23. The summed E-state index contributed by atoms with van der Waals surface area (Å²) < 4.78 is 10.9. The predicted molar refractivity (Wildman–Crippen MR) is 125 cm³/mol. The summed E-state index contributed by atoms with van der Waals surface area (Å²) in [6, 6.07) is 12.1. The SMILES string of the molecule is CCOc1ccc(CCCNC(=O)C2CCCN(Cc3nc(-c4cccs4)no3)C2)cc1. The van der Waals surface area contributed by atoms with Crippen LogP contribution in [0.3, 0.4) is 0 Å². The molecular weight excluding hydrogens is 424 g/mol. The zero-order valence-corrected chi connectivity index (χ0v) is 19.3. The number of amides is 1. The van der Waals surface area contributed by atoms with Gasteiger partial charge in [-0.15, -0.1) is 11.3 Å². The summed E-state index contributed by atoms with van der Waals surface area (Å²) in [4.78, 5) is 20.4. The van der Waals surface area contributed by atoms with E-state index in [0.717, 1.165) is 49.4 Å². The van der Waals surface area contributed by atoms with Gasteiger partial charge in [0.1, 0.15) is 5.75 Å². The van der Waals surface area contributed by atoms with Crippen LogP contribution in [0.25, 0.3) is 10.7 Å². The van der Waals surface area contributed by atoms with Gasteiger partial charge in [0.25, 0.3) is 0 Å². The second-order valence-corrected chi connectivity index (χ2v) is 8.98. The van der Waals surface area contributed by atoms with E-state index in [2.05, 4.69) is 32.5 Å². The number of piperidine rings is 1. The molecule has 1 amide bonds. The number of rotatable bonds is 10. The maximum atomic E-state index is 12.7. The molecule has 0 radical (unpaired) electrons. The molecule has 32 heavy (non-hydrogen) atoms. The summed E-state index contributed by atoms with van der Waals surface area (Å²) in [6.45, 7) is 5.60. The Balaban J connectivity index is 1.19. The van der Waals surface area contributed by atoms with E-state index in [4.69, 9.17) is 9.26 Å². The number of nitrogens with one attached hydrogen (secondary N) is 1. The fourth-order valence-electron chi connectivity index (χ4n) is 4.00. The van der Waals surface area contributed by atoms with Crippen LogP contribution < -0.4 is 10.1 Å². The monoisotopic (exact) mass is 454 g/mol. The summed E-state index contributed by atoms with van der Waals surface area (Å²) in [5, 5.41) is 9.20. The molecule has 1 aromatic carbocycles. The molecule has 0 bridgehead atoms. The molecule has 1 aliphatic heterocycles. The summed E-state index contributed by atoms with van der Waals surface area (Å²) in [5.74, 6) is 2.29. The fourth-order valence-corrected chi connectivity index (χ4v) is 4.65. The van der Waals surface area contributed by atoms with Gasteiger partial charge in [-0.05, 0) is 68.3 Å². The molecule has 1 fully saturated rings. The van der Waals surface area contributed by atoms with Crippen LogP contribution in [0.5, 0.6) is 5.75 Å².